The minimum absolute atomic E-state index is 0.202. The third-order valence-corrected chi connectivity index (χ3v) is 8.22. The third-order valence-electron chi connectivity index (χ3n) is 6.99. The Kier molecular flexibility index (Phi) is 8.29. The average Bonchev–Trinajstić information content (AvgIpc) is 3.23. The molecule has 0 spiro atoms. The van der Waals surface area contributed by atoms with E-state index in [1.165, 1.54) is 11.3 Å². The Morgan fingerprint density at radius 3 is 2.32 bits per heavy atom. The highest BCUT2D eigenvalue weighted by Gasteiger charge is 2.33. The highest BCUT2D eigenvalue weighted by molar-refractivity contribution is 7.07. The molecule has 1 aliphatic heterocycles. The van der Waals surface area contributed by atoms with Gasteiger partial charge in [-0.2, -0.15) is 0 Å². The molecule has 0 bridgehead atoms. The van der Waals surface area contributed by atoms with E-state index < -0.39 is 12.0 Å². The monoisotopic (exact) mass is 586 g/mol. The number of allylic oxidation sites excluding steroid dienone is 1. The first-order valence-electron chi connectivity index (χ1n) is 13.4. The summed E-state index contributed by atoms with van der Waals surface area (Å²) in [6.07, 6.45) is 1.88. The summed E-state index contributed by atoms with van der Waals surface area (Å²) < 4.78 is 13.7. The smallest absolute Gasteiger partial charge is 0.338 e. The van der Waals surface area contributed by atoms with Gasteiger partial charge in [0.05, 0.1) is 28.5 Å². The molecule has 1 atom stereocenters. The van der Waals surface area contributed by atoms with Crippen LogP contribution < -0.4 is 19.6 Å². The molecule has 5 rings (SSSR count). The first kappa shape index (κ1) is 28.6. The zero-order valence-corrected chi connectivity index (χ0v) is 25.2. The molecule has 0 amide bonds. The lowest BCUT2D eigenvalue weighted by molar-refractivity contribution is -0.139. The minimum atomic E-state index is -0.625. The van der Waals surface area contributed by atoms with E-state index in [-0.39, 0.29) is 12.2 Å². The number of esters is 1. The molecular formula is C33H31ClN2O4S. The molecular weight excluding hydrogens is 556 g/mol. The molecule has 0 aliphatic carbocycles. The third kappa shape index (κ3) is 5.92. The van der Waals surface area contributed by atoms with Crippen LogP contribution in [0, 0.1) is 20.8 Å². The molecule has 0 fully saturated rings. The van der Waals surface area contributed by atoms with E-state index in [9.17, 15) is 9.59 Å². The summed E-state index contributed by atoms with van der Waals surface area (Å²) in [6, 6.07) is 18.8. The number of ether oxygens (including phenoxy) is 2. The summed E-state index contributed by atoms with van der Waals surface area (Å²) >= 11 is 7.31. The van der Waals surface area contributed by atoms with Crippen molar-refractivity contribution in [3.05, 3.63) is 130 Å². The van der Waals surface area contributed by atoms with Crippen LogP contribution in [0.25, 0.3) is 6.08 Å². The predicted octanol–water partition coefficient (Wildman–Crippen LogP) is 5.96. The Morgan fingerprint density at radius 2 is 1.68 bits per heavy atom. The molecule has 2 heterocycles. The highest BCUT2D eigenvalue weighted by Crippen LogP contribution is 2.31. The standard InChI is InChI=1S/C33H31ClN2O4S/c1-6-39-32(38)28-22(5)35-33-36(29(28)25-11-7-19(2)8-12-25)31(37)27(41-33)17-24-15-20(3)30(21(4)16-24)40-18-23-9-13-26(34)14-10-23/h7-17,29H,6,18H2,1-5H3/b27-17-/t29-/m0/s1. The lowest BCUT2D eigenvalue weighted by atomic mass is 9.95. The molecule has 0 radical (unpaired) electrons. The van der Waals surface area contributed by atoms with E-state index in [0.29, 0.717) is 32.2 Å². The number of hydrogen-bond donors (Lipinski definition) is 0. The Balaban J connectivity index is 1.54. The quantitative estimate of drug-likeness (QED) is 0.251. The van der Waals surface area contributed by atoms with Crippen molar-refractivity contribution in [2.45, 2.75) is 47.3 Å². The fourth-order valence-electron chi connectivity index (χ4n) is 5.04. The number of rotatable bonds is 7. The molecule has 1 aliphatic rings. The second kappa shape index (κ2) is 11.9. The molecule has 1 aromatic heterocycles. The van der Waals surface area contributed by atoms with E-state index in [1.807, 2.05) is 87.5 Å². The van der Waals surface area contributed by atoms with Crippen molar-refractivity contribution >= 4 is 35.0 Å². The van der Waals surface area contributed by atoms with Gasteiger partial charge in [-0.3, -0.25) is 9.36 Å². The average molecular weight is 587 g/mol. The number of carbonyl (C=O) groups is 1. The SMILES string of the molecule is CCOC(=O)C1=C(C)N=c2s/c(=C\c3cc(C)c(OCc4ccc(Cl)cc4)c(C)c3)c(=O)n2[C@H]1c1ccc(C)cc1. The van der Waals surface area contributed by atoms with E-state index >= 15 is 0 Å². The molecule has 0 unspecified atom stereocenters. The summed E-state index contributed by atoms with van der Waals surface area (Å²) in [7, 11) is 0. The van der Waals surface area contributed by atoms with Gasteiger partial charge in [-0.1, -0.05) is 64.9 Å². The number of aromatic nitrogens is 1. The van der Waals surface area contributed by atoms with Gasteiger partial charge in [-0.15, -0.1) is 0 Å². The van der Waals surface area contributed by atoms with Gasteiger partial charge in [0.25, 0.3) is 5.56 Å². The van der Waals surface area contributed by atoms with Crippen LogP contribution in [0.5, 0.6) is 5.75 Å². The molecule has 3 aromatic carbocycles. The Hall–Kier alpha value is -3.94. The number of fused-ring (bicyclic) bond motifs is 1. The molecule has 4 aromatic rings. The summed E-state index contributed by atoms with van der Waals surface area (Å²) in [4.78, 5) is 32.2. The Bertz CT molecular complexity index is 1810. The predicted molar refractivity (Wildman–Crippen MR) is 163 cm³/mol. The molecule has 210 valence electrons. The van der Waals surface area contributed by atoms with Crippen molar-refractivity contribution in [2.75, 3.05) is 6.61 Å². The van der Waals surface area contributed by atoms with Gasteiger partial charge in [-0.05, 0) is 92.8 Å². The zero-order valence-electron chi connectivity index (χ0n) is 23.7. The van der Waals surface area contributed by atoms with Crippen molar-refractivity contribution in [1.82, 2.24) is 4.57 Å². The van der Waals surface area contributed by atoms with Crippen LogP contribution in [-0.2, 0) is 16.1 Å². The van der Waals surface area contributed by atoms with Gasteiger partial charge < -0.3 is 9.47 Å². The van der Waals surface area contributed by atoms with Gasteiger partial charge in [0.1, 0.15) is 12.4 Å². The summed E-state index contributed by atoms with van der Waals surface area (Å²) in [5.41, 5.74) is 6.50. The van der Waals surface area contributed by atoms with Crippen molar-refractivity contribution in [3.63, 3.8) is 0 Å². The lowest BCUT2D eigenvalue weighted by Gasteiger charge is -2.24. The molecule has 0 N–H and O–H groups in total. The van der Waals surface area contributed by atoms with E-state index in [4.69, 9.17) is 21.1 Å². The normalized spacial score (nSPS) is 15.0. The second-order valence-corrected chi connectivity index (χ2v) is 11.6. The van der Waals surface area contributed by atoms with Gasteiger partial charge >= 0.3 is 5.97 Å². The number of benzene rings is 3. The fraction of sp³-hybridized carbons (Fsp3) is 0.242. The zero-order chi connectivity index (χ0) is 29.3. The van der Waals surface area contributed by atoms with Crippen molar-refractivity contribution < 1.29 is 14.3 Å². The maximum atomic E-state index is 13.9. The highest BCUT2D eigenvalue weighted by atomic mass is 35.5. The van der Waals surface area contributed by atoms with Gasteiger partial charge in [0.2, 0.25) is 0 Å². The topological polar surface area (TPSA) is 69.9 Å². The summed E-state index contributed by atoms with van der Waals surface area (Å²) in [6.45, 7) is 10.2. The maximum absolute atomic E-state index is 13.9. The van der Waals surface area contributed by atoms with E-state index in [0.717, 1.165) is 39.1 Å². The van der Waals surface area contributed by atoms with Gasteiger partial charge in [-0.25, -0.2) is 9.79 Å². The lowest BCUT2D eigenvalue weighted by Crippen LogP contribution is -2.39. The number of aryl methyl sites for hydroxylation is 3. The Labute approximate surface area is 247 Å². The molecule has 0 saturated carbocycles. The van der Waals surface area contributed by atoms with E-state index in [1.54, 1.807) is 18.4 Å². The molecule has 6 nitrogen and oxygen atoms in total. The van der Waals surface area contributed by atoms with Gasteiger partial charge in [0, 0.05) is 5.02 Å². The van der Waals surface area contributed by atoms with Crippen molar-refractivity contribution in [2.24, 2.45) is 4.99 Å². The number of thiazole rings is 1. The van der Waals surface area contributed by atoms with Crippen LogP contribution in [0.4, 0.5) is 0 Å². The van der Waals surface area contributed by atoms with Crippen LogP contribution in [-0.4, -0.2) is 17.1 Å². The fourth-order valence-corrected chi connectivity index (χ4v) is 6.21. The first-order chi connectivity index (χ1) is 19.7. The van der Waals surface area contributed by atoms with Crippen LogP contribution in [0.15, 0.2) is 81.7 Å². The van der Waals surface area contributed by atoms with Crippen LogP contribution in [0.1, 0.15) is 53.3 Å². The molecule has 8 heteroatoms. The van der Waals surface area contributed by atoms with Gasteiger partial charge in [0.15, 0.2) is 4.80 Å². The largest absolute Gasteiger partial charge is 0.488 e. The van der Waals surface area contributed by atoms with Crippen LogP contribution in [0.3, 0.4) is 0 Å². The number of hydrogen-bond acceptors (Lipinski definition) is 6. The second-order valence-electron chi connectivity index (χ2n) is 10.1. The number of halogens is 1. The van der Waals surface area contributed by atoms with Crippen LogP contribution in [0.2, 0.25) is 5.02 Å². The molecule has 41 heavy (non-hydrogen) atoms. The first-order valence-corrected chi connectivity index (χ1v) is 14.6. The maximum Gasteiger partial charge on any atom is 0.338 e. The van der Waals surface area contributed by atoms with Crippen molar-refractivity contribution in [1.29, 1.82) is 0 Å². The van der Waals surface area contributed by atoms with Crippen molar-refractivity contribution in [3.8, 4) is 5.75 Å². The molecule has 0 saturated heterocycles. The van der Waals surface area contributed by atoms with Crippen LogP contribution >= 0.6 is 22.9 Å². The number of nitrogens with zero attached hydrogens (tertiary/aromatic N) is 2. The summed E-state index contributed by atoms with van der Waals surface area (Å²) in [5, 5.41) is 0.688. The Morgan fingerprint density at radius 1 is 1.02 bits per heavy atom. The summed E-state index contributed by atoms with van der Waals surface area (Å²) in [5.74, 6) is 0.349. The minimum Gasteiger partial charge on any atom is -0.488 e. The van der Waals surface area contributed by atoms with E-state index in [2.05, 4.69) is 4.99 Å². The number of carbonyl (C=O) groups excluding carboxylic acids is 1.